The number of rotatable bonds is 6. The number of nitrogens with zero attached hydrogens (tertiary/aromatic N) is 2. The number of aromatic nitrogens is 2. The zero-order chi connectivity index (χ0) is 17.6. The number of pyridine rings is 1. The van der Waals surface area contributed by atoms with E-state index in [1.54, 1.807) is 25.4 Å². The van der Waals surface area contributed by atoms with E-state index in [0.717, 1.165) is 11.3 Å². The Morgan fingerprint density at radius 2 is 1.96 bits per heavy atom. The molecular weight excluding hydrogens is 342 g/mol. The van der Waals surface area contributed by atoms with E-state index in [-0.39, 0.29) is 12.3 Å². The Bertz CT molecular complexity index is 845. The van der Waals surface area contributed by atoms with Gasteiger partial charge in [0.05, 0.1) is 18.3 Å². The number of carbonyl (C=O) groups is 1. The fraction of sp³-hybridized carbons (Fsp3) is 0.167. The van der Waals surface area contributed by atoms with E-state index in [1.165, 1.54) is 6.20 Å². The number of amides is 1. The summed E-state index contributed by atoms with van der Waals surface area (Å²) < 4.78 is 10.8. The van der Waals surface area contributed by atoms with E-state index in [4.69, 9.17) is 20.8 Å². The summed E-state index contributed by atoms with van der Waals surface area (Å²) in [6.45, 7) is 0. The number of oxazole rings is 1. The Hall–Kier alpha value is -2.86. The maximum absolute atomic E-state index is 12.0. The molecule has 0 spiro atoms. The Balaban J connectivity index is 1.55. The quantitative estimate of drug-likeness (QED) is 0.722. The molecule has 6 nitrogen and oxygen atoms in total. The van der Waals surface area contributed by atoms with Crippen molar-refractivity contribution in [1.29, 1.82) is 0 Å². The lowest BCUT2D eigenvalue weighted by molar-refractivity contribution is -0.116. The van der Waals surface area contributed by atoms with Gasteiger partial charge in [-0.2, -0.15) is 0 Å². The lowest BCUT2D eigenvalue weighted by atomic mass is 10.2. The van der Waals surface area contributed by atoms with Crippen LogP contribution in [0.4, 0.5) is 5.82 Å². The maximum Gasteiger partial charge on any atom is 0.226 e. The molecule has 7 heteroatoms. The molecule has 0 aliphatic rings. The van der Waals surface area contributed by atoms with Crippen molar-refractivity contribution < 1.29 is 13.9 Å². The lowest BCUT2D eigenvalue weighted by Crippen LogP contribution is -2.13. The van der Waals surface area contributed by atoms with Crippen molar-refractivity contribution in [1.82, 2.24) is 9.97 Å². The van der Waals surface area contributed by atoms with Gasteiger partial charge in [0.2, 0.25) is 5.91 Å². The molecule has 0 radical (unpaired) electrons. The van der Waals surface area contributed by atoms with Crippen LogP contribution in [0.1, 0.15) is 12.3 Å². The van der Waals surface area contributed by atoms with Gasteiger partial charge in [-0.25, -0.2) is 9.97 Å². The van der Waals surface area contributed by atoms with Crippen LogP contribution in [0, 0.1) is 0 Å². The number of nitrogens with one attached hydrogen (secondary N) is 1. The predicted octanol–water partition coefficient (Wildman–Crippen LogP) is 3.97. The molecule has 0 atom stereocenters. The van der Waals surface area contributed by atoms with Crippen molar-refractivity contribution in [2.24, 2.45) is 0 Å². The third kappa shape index (κ3) is 4.58. The molecule has 0 aliphatic heterocycles. The summed E-state index contributed by atoms with van der Waals surface area (Å²) in [6.07, 6.45) is 3.77. The average Bonchev–Trinajstić information content (AvgIpc) is 3.11. The second-order valence-electron chi connectivity index (χ2n) is 5.26. The molecule has 0 saturated carbocycles. The molecule has 0 saturated heterocycles. The van der Waals surface area contributed by atoms with E-state index in [2.05, 4.69) is 15.3 Å². The van der Waals surface area contributed by atoms with Crippen molar-refractivity contribution >= 4 is 23.3 Å². The number of carbonyl (C=O) groups excluding carboxylic acids is 1. The number of anilines is 1. The summed E-state index contributed by atoms with van der Waals surface area (Å²) in [5.74, 6) is 2.22. The normalized spacial score (nSPS) is 10.5. The molecule has 2 aromatic heterocycles. The first-order valence-corrected chi connectivity index (χ1v) is 8.02. The molecule has 0 fully saturated rings. The molecule has 1 aromatic carbocycles. The van der Waals surface area contributed by atoms with Crippen LogP contribution in [0.25, 0.3) is 11.3 Å². The zero-order valence-electron chi connectivity index (χ0n) is 13.5. The van der Waals surface area contributed by atoms with Gasteiger partial charge in [0.25, 0.3) is 0 Å². The molecule has 0 aliphatic carbocycles. The van der Waals surface area contributed by atoms with Gasteiger partial charge < -0.3 is 14.5 Å². The zero-order valence-corrected chi connectivity index (χ0v) is 14.3. The van der Waals surface area contributed by atoms with Gasteiger partial charge in [-0.05, 0) is 36.4 Å². The van der Waals surface area contributed by atoms with Gasteiger partial charge in [0.1, 0.15) is 11.6 Å². The van der Waals surface area contributed by atoms with Crippen LogP contribution in [0.5, 0.6) is 5.75 Å². The molecule has 3 rings (SSSR count). The molecule has 3 aromatic rings. The van der Waals surface area contributed by atoms with Crippen molar-refractivity contribution in [3.05, 3.63) is 59.7 Å². The molecule has 0 unspecified atom stereocenters. The van der Waals surface area contributed by atoms with Crippen molar-refractivity contribution in [3.63, 3.8) is 0 Å². The third-order valence-electron chi connectivity index (χ3n) is 3.49. The fourth-order valence-corrected chi connectivity index (χ4v) is 2.30. The number of hydrogen-bond donors (Lipinski definition) is 1. The molecule has 1 amide bonds. The topological polar surface area (TPSA) is 77.2 Å². The van der Waals surface area contributed by atoms with Crippen molar-refractivity contribution in [2.45, 2.75) is 12.8 Å². The highest BCUT2D eigenvalue weighted by atomic mass is 35.5. The first-order valence-electron chi connectivity index (χ1n) is 7.64. The highest BCUT2D eigenvalue weighted by molar-refractivity contribution is 6.30. The van der Waals surface area contributed by atoms with Crippen LogP contribution in [-0.4, -0.2) is 23.0 Å². The standard InChI is InChI=1S/C18H16ClN3O3/c1-24-14-5-2-12(3-6-14)15-11-21-18(25-15)9-8-17(23)22-16-7-4-13(19)10-20-16/h2-7,10-11H,8-9H2,1H3,(H,20,22,23). The van der Waals surface area contributed by atoms with Gasteiger partial charge in [-0.3, -0.25) is 4.79 Å². The number of methoxy groups -OCH3 is 1. The minimum absolute atomic E-state index is 0.168. The molecule has 0 bridgehead atoms. The van der Waals surface area contributed by atoms with Gasteiger partial charge in [-0.15, -0.1) is 0 Å². The Kier molecular flexibility index (Phi) is 5.30. The second kappa shape index (κ2) is 7.81. The summed E-state index contributed by atoms with van der Waals surface area (Å²) in [5, 5.41) is 3.22. The van der Waals surface area contributed by atoms with Gasteiger partial charge in [-0.1, -0.05) is 11.6 Å². The number of halogens is 1. The second-order valence-corrected chi connectivity index (χ2v) is 5.69. The van der Waals surface area contributed by atoms with Crippen LogP contribution in [0.15, 0.2) is 53.2 Å². The smallest absolute Gasteiger partial charge is 0.226 e. The van der Waals surface area contributed by atoms with Gasteiger partial charge in [0.15, 0.2) is 11.7 Å². The van der Waals surface area contributed by atoms with Crippen LogP contribution < -0.4 is 10.1 Å². The molecule has 1 N–H and O–H groups in total. The minimum atomic E-state index is -0.168. The van der Waals surface area contributed by atoms with E-state index >= 15 is 0 Å². The molecule has 25 heavy (non-hydrogen) atoms. The lowest BCUT2D eigenvalue weighted by Gasteiger charge is -2.03. The van der Waals surface area contributed by atoms with Crippen molar-refractivity contribution in [2.75, 3.05) is 12.4 Å². The fourth-order valence-electron chi connectivity index (χ4n) is 2.19. The van der Waals surface area contributed by atoms with E-state index in [0.29, 0.717) is 28.9 Å². The first kappa shape index (κ1) is 17.0. The average molecular weight is 358 g/mol. The number of ether oxygens (including phenoxy) is 1. The van der Waals surface area contributed by atoms with Crippen LogP contribution in [0.2, 0.25) is 5.02 Å². The summed E-state index contributed by atoms with van der Waals surface area (Å²) in [5.41, 5.74) is 0.898. The third-order valence-corrected chi connectivity index (χ3v) is 3.71. The first-order chi connectivity index (χ1) is 12.1. The summed E-state index contributed by atoms with van der Waals surface area (Å²) in [7, 11) is 1.62. The number of benzene rings is 1. The summed E-state index contributed by atoms with van der Waals surface area (Å²) in [6, 6.07) is 10.8. The van der Waals surface area contributed by atoms with E-state index in [9.17, 15) is 4.79 Å². The van der Waals surface area contributed by atoms with Gasteiger partial charge >= 0.3 is 0 Å². The molecule has 2 heterocycles. The predicted molar refractivity (Wildman–Crippen MR) is 94.7 cm³/mol. The maximum atomic E-state index is 12.0. The Labute approximate surface area is 149 Å². The van der Waals surface area contributed by atoms with Crippen LogP contribution in [0.3, 0.4) is 0 Å². The summed E-state index contributed by atoms with van der Waals surface area (Å²) >= 11 is 5.76. The van der Waals surface area contributed by atoms with E-state index in [1.807, 2.05) is 24.3 Å². The summed E-state index contributed by atoms with van der Waals surface area (Å²) in [4.78, 5) is 20.2. The number of hydrogen-bond acceptors (Lipinski definition) is 5. The molecule has 128 valence electrons. The van der Waals surface area contributed by atoms with Crippen LogP contribution >= 0.6 is 11.6 Å². The molecular formula is C18H16ClN3O3. The number of aryl methyl sites for hydroxylation is 1. The Morgan fingerprint density at radius 3 is 2.64 bits per heavy atom. The minimum Gasteiger partial charge on any atom is -0.497 e. The van der Waals surface area contributed by atoms with Gasteiger partial charge in [0, 0.05) is 24.6 Å². The SMILES string of the molecule is COc1ccc(-c2cnc(CCC(=O)Nc3ccc(Cl)cn3)o2)cc1. The van der Waals surface area contributed by atoms with E-state index < -0.39 is 0 Å². The van der Waals surface area contributed by atoms with Crippen LogP contribution in [-0.2, 0) is 11.2 Å². The Morgan fingerprint density at radius 1 is 1.16 bits per heavy atom. The highest BCUT2D eigenvalue weighted by Gasteiger charge is 2.10. The largest absolute Gasteiger partial charge is 0.497 e. The highest BCUT2D eigenvalue weighted by Crippen LogP contribution is 2.23. The van der Waals surface area contributed by atoms with Crippen molar-refractivity contribution in [3.8, 4) is 17.1 Å². The monoisotopic (exact) mass is 357 g/mol.